The lowest BCUT2D eigenvalue weighted by molar-refractivity contribution is 0.269. The van der Waals surface area contributed by atoms with E-state index in [1.807, 2.05) is 44.2 Å². The Morgan fingerprint density at radius 3 is 2.65 bits per heavy atom. The monoisotopic (exact) mass is 371 g/mol. The minimum Gasteiger partial charge on any atom is -0.490 e. The van der Waals surface area contributed by atoms with Crippen LogP contribution in [0.5, 0.6) is 11.5 Å². The first-order valence-corrected chi connectivity index (χ1v) is 9.06. The number of aryl methyl sites for hydroxylation is 1. The van der Waals surface area contributed by atoms with Crippen molar-refractivity contribution >= 4 is 23.5 Å². The Hall–Kier alpha value is -2.60. The highest BCUT2D eigenvalue weighted by atomic mass is 32.1. The third kappa shape index (κ3) is 6.04. The van der Waals surface area contributed by atoms with Crippen LogP contribution < -0.4 is 20.2 Å². The molecule has 0 heterocycles. The molecule has 138 valence electrons. The fraction of sp³-hybridized carbons (Fsp3) is 0.300. The normalized spacial score (nSPS) is 10.6. The SMILES string of the molecule is CCNC(=S)N/N=C\c1ccc(OCc2ccccc2C)c(OCC)c1. The summed E-state index contributed by atoms with van der Waals surface area (Å²) in [7, 11) is 0. The van der Waals surface area contributed by atoms with E-state index in [1.54, 1.807) is 6.21 Å². The second-order valence-electron chi connectivity index (χ2n) is 5.58. The molecule has 0 saturated heterocycles. The van der Waals surface area contributed by atoms with Crippen LogP contribution in [-0.2, 0) is 6.61 Å². The molecule has 2 aromatic rings. The summed E-state index contributed by atoms with van der Waals surface area (Å²) >= 11 is 5.07. The number of thiocarbonyl (C=S) groups is 1. The zero-order valence-corrected chi connectivity index (χ0v) is 16.2. The van der Waals surface area contributed by atoms with Gasteiger partial charge in [0.15, 0.2) is 16.6 Å². The average Bonchev–Trinajstić information content (AvgIpc) is 2.63. The third-order valence-electron chi connectivity index (χ3n) is 3.63. The lowest BCUT2D eigenvalue weighted by atomic mass is 10.1. The highest BCUT2D eigenvalue weighted by Gasteiger charge is 2.07. The second-order valence-corrected chi connectivity index (χ2v) is 5.99. The summed E-state index contributed by atoms with van der Waals surface area (Å²) < 4.78 is 11.7. The lowest BCUT2D eigenvalue weighted by Gasteiger charge is -2.13. The van der Waals surface area contributed by atoms with E-state index < -0.39 is 0 Å². The first kappa shape index (κ1) is 19.7. The number of benzene rings is 2. The summed E-state index contributed by atoms with van der Waals surface area (Å²) in [5, 5.41) is 7.58. The Labute approximate surface area is 160 Å². The number of hydrogen-bond donors (Lipinski definition) is 2. The van der Waals surface area contributed by atoms with E-state index in [-0.39, 0.29) is 0 Å². The topological polar surface area (TPSA) is 54.9 Å². The molecule has 26 heavy (non-hydrogen) atoms. The smallest absolute Gasteiger partial charge is 0.186 e. The van der Waals surface area contributed by atoms with Crippen LogP contribution in [0.3, 0.4) is 0 Å². The van der Waals surface area contributed by atoms with Crippen LogP contribution in [0.2, 0.25) is 0 Å². The molecule has 0 saturated carbocycles. The first-order chi connectivity index (χ1) is 12.6. The molecular weight excluding hydrogens is 346 g/mol. The molecule has 0 aliphatic carbocycles. The van der Waals surface area contributed by atoms with Gasteiger partial charge in [-0.1, -0.05) is 24.3 Å². The van der Waals surface area contributed by atoms with Crippen molar-refractivity contribution in [1.82, 2.24) is 10.7 Å². The van der Waals surface area contributed by atoms with Crippen LogP contribution in [0.1, 0.15) is 30.5 Å². The van der Waals surface area contributed by atoms with E-state index in [9.17, 15) is 0 Å². The number of hydrazone groups is 1. The Kier molecular flexibility index (Phi) is 7.89. The van der Waals surface area contributed by atoms with Gasteiger partial charge in [-0.05, 0) is 67.9 Å². The quantitative estimate of drug-likeness (QED) is 0.420. The van der Waals surface area contributed by atoms with Gasteiger partial charge >= 0.3 is 0 Å². The maximum absolute atomic E-state index is 5.97. The van der Waals surface area contributed by atoms with Crippen LogP contribution >= 0.6 is 12.2 Å². The van der Waals surface area contributed by atoms with Gasteiger partial charge in [0.25, 0.3) is 0 Å². The van der Waals surface area contributed by atoms with Gasteiger partial charge in [0, 0.05) is 6.54 Å². The summed E-state index contributed by atoms with van der Waals surface area (Å²) in [5.41, 5.74) is 6.02. The van der Waals surface area contributed by atoms with Gasteiger partial charge in [-0.2, -0.15) is 5.10 Å². The molecule has 6 heteroatoms. The summed E-state index contributed by atoms with van der Waals surface area (Å²) in [6.07, 6.45) is 1.69. The van der Waals surface area contributed by atoms with Crippen LogP contribution in [0.4, 0.5) is 0 Å². The summed E-state index contributed by atoms with van der Waals surface area (Å²) in [6, 6.07) is 13.9. The largest absolute Gasteiger partial charge is 0.490 e. The van der Waals surface area contributed by atoms with Crippen LogP contribution in [0.25, 0.3) is 0 Å². The standard InChI is InChI=1S/C20H25N3O2S/c1-4-21-20(26)23-22-13-16-10-11-18(19(12-16)24-5-2)25-14-17-9-7-6-8-15(17)3/h6-13H,4-5,14H2,1-3H3,(H2,21,23,26)/b22-13-. The van der Waals surface area contributed by atoms with E-state index >= 15 is 0 Å². The number of ether oxygens (including phenoxy) is 2. The van der Waals surface area contributed by atoms with E-state index in [2.05, 4.69) is 34.9 Å². The summed E-state index contributed by atoms with van der Waals surface area (Å²) in [6.45, 7) is 7.81. The molecular formula is C20H25N3O2S. The molecule has 5 nitrogen and oxygen atoms in total. The van der Waals surface area contributed by atoms with Crippen molar-refractivity contribution in [1.29, 1.82) is 0 Å². The van der Waals surface area contributed by atoms with Crippen LogP contribution in [0.15, 0.2) is 47.6 Å². The summed E-state index contributed by atoms with van der Waals surface area (Å²) in [4.78, 5) is 0. The number of rotatable bonds is 8. The van der Waals surface area contributed by atoms with Crippen molar-refractivity contribution in [3.8, 4) is 11.5 Å². The average molecular weight is 372 g/mol. The van der Waals surface area contributed by atoms with E-state index in [1.165, 1.54) is 5.56 Å². The first-order valence-electron chi connectivity index (χ1n) is 8.65. The Balaban J connectivity index is 2.06. The molecule has 0 amide bonds. The van der Waals surface area contributed by atoms with Crippen molar-refractivity contribution in [2.24, 2.45) is 5.10 Å². The molecule has 0 atom stereocenters. The van der Waals surface area contributed by atoms with Crippen LogP contribution in [0, 0.1) is 6.92 Å². The molecule has 0 radical (unpaired) electrons. The molecule has 2 N–H and O–H groups in total. The minimum atomic E-state index is 0.493. The molecule has 0 bridgehead atoms. The lowest BCUT2D eigenvalue weighted by Crippen LogP contribution is -2.31. The van der Waals surface area contributed by atoms with Crippen molar-refractivity contribution in [3.05, 3.63) is 59.2 Å². The predicted octanol–water partition coefficient (Wildman–Crippen LogP) is 3.79. The second kappa shape index (κ2) is 10.4. The maximum Gasteiger partial charge on any atom is 0.186 e. The van der Waals surface area contributed by atoms with Gasteiger partial charge < -0.3 is 14.8 Å². The molecule has 2 rings (SSSR count). The molecule has 0 aliphatic rings. The van der Waals surface area contributed by atoms with Crippen molar-refractivity contribution in [2.45, 2.75) is 27.4 Å². The van der Waals surface area contributed by atoms with Gasteiger partial charge in [0.2, 0.25) is 0 Å². The van der Waals surface area contributed by atoms with Gasteiger partial charge in [0.1, 0.15) is 6.61 Å². The number of nitrogens with zero attached hydrogens (tertiary/aromatic N) is 1. The minimum absolute atomic E-state index is 0.493. The molecule has 0 aromatic heterocycles. The van der Waals surface area contributed by atoms with E-state index in [0.717, 1.165) is 17.7 Å². The van der Waals surface area contributed by atoms with Crippen LogP contribution in [-0.4, -0.2) is 24.5 Å². The molecule has 2 aromatic carbocycles. The van der Waals surface area contributed by atoms with Gasteiger partial charge in [-0.25, -0.2) is 0 Å². The molecule has 0 fully saturated rings. The Morgan fingerprint density at radius 1 is 1.12 bits per heavy atom. The third-order valence-corrected chi connectivity index (χ3v) is 3.86. The predicted molar refractivity (Wildman–Crippen MR) is 110 cm³/mol. The highest BCUT2D eigenvalue weighted by Crippen LogP contribution is 2.29. The number of nitrogens with one attached hydrogen (secondary N) is 2. The maximum atomic E-state index is 5.97. The van der Waals surface area contributed by atoms with Crippen molar-refractivity contribution < 1.29 is 9.47 Å². The Morgan fingerprint density at radius 2 is 1.92 bits per heavy atom. The van der Waals surface area contributed by atoms with E-state index in [0.29, 0.717) is 29.8 Å². The fourth-order valence-electron chi connectivity index (χ4n) is 2.29. The number of hydrogen-bond acceptors (Lipinski definition) is 4. The van der Waals surface area contributed by atoms with E-state index in [4.69, 9.17) is 21.7 Å². The van der Waals surface area contributed by atoms with Gasteiger partial charge in [-0.3, -0.25) is 5.43 Å². The summed E-state index contributed by atoms with van der Waals surface area (Å²) in [5.74, 6) is 1.41. The molecule has 0 aliphatic heterocycles. The van der Waals surface area contributed by atoms with Gasteiger partial charge in [-0.15, -0.1) is 0 Å². The molecule has 0 spiro atoms. The zero-order valence-electron chi connectivity index (χ0n) is 15.4. The zero-order chi connectivity index (χ0) is 18.8. The highest BCUT2D eigenvalue weighted by molar-refractivity contribution is 7.80. The van der Waals surface area contributed by atoms with Gasteiger partial charge in [0.05, 0.1) is 12.8 Å². The fourth-order valence-corrected chi connectivity index (χ4v) is 2.48. The Bertz CT molecular complexity index is 762. The van der Waals surface area contributed by atoms with Crippen molar-refractivity contribution in [2.75, 3.05) is 13.2 Å². The van der Waals surface area contributed by atoms with Crippen molar-refractivity contribution in [3.63, 3.8) is 0 Å². The molecule has 0 unspecified atom stereocenters.